The molecule has 2 N–H and O–H groups in total. The van der Waals surface area contributed by atoms with Gasteiger partial charge in [0.25, 0.3) is 0 Å². The summed E-state index contributed by atoms with van der Waals surface area (Å²) in [5.41, 5.74) is 5.83. The van der Waals surface area contributed by atoms with Crippen LogP contribution < -0.4 is 10.6 Å². The first-order valence-electron chi connectivity index (χ1n) is 6.66. The second kappa shape index (κ2) is 5.76. The Hall–Kier alpha value is -1.67. The van der Waals surface area contributed by atoms with Crippen molar-refractivity contribution < 1.29 is 9.66 Å². The third-order valence-electron chi connectivity index (χ3n) is 3.99. The second-order valence-electron chi connectivity index (χ2n) is 5.09. The van der Waals surface area contributed by atoms with Gasteiger partial charge >= 0.3 is 5.82 Å². The molecular formula is C12H21N5O3. The Morgan fingerprint density at radius 2 is 2.30 bits per heavy atom. The van der Waals surface area contributed by atoms with Crippen LogP contribution in [0.15, 0.2) is 0 Å². The molecule has 2 unspecified atom stereocenters. The van der Waals surface area contributed by atoms with Gasteiger partial charge in [-0.05, 0) is 22.7 Å². The molecule has 0 spiro atoms. The quantitative estimate of drug-likeness (QED) is 0.641. The van der Waals surface area contributed by atoms with E-state index in [4.69, 9.17) is 10.5 Å². The molecule has 8 heteroatoms. The Morgan fingerprint density at radius 1 is 1.60 bits per heavy atom. The van der Waals surface area contributed by atoms with Crippen LogP contribution in [0.5, 0.6) is 0 Å². The highest BCUT2D eigenvalue weighted by atomic mass is 16.6. The zero-order valence-electron chi connectivity index (χ0n) is 12.1. The first kappa shape index (κ1) is 14.7. The first-order chi connectivity index (χ1) is 9.49. The summed E-state index contributed by atoms with van der Waals surface area (Å²) in [5.74, 6) is 1.06. The molecule has 2 heterocycles. The fraction of sp³-hybridized carbons (Fsp3) is 0.750. The zero-order valence-corrected chi connectivity index (χ0v) is 12.1. The highest BCUT2D eigenvalue weighted by molar-refractivity contribution is 5.57. The average Bonchev–Trinajstić information content (AvgIpc) is 2.74. The highest BCUT2D eigenvalue weighted by Gasteiger charge is 2.35. The lowest BCUT2D eigenvalue weighted by atomic mass is 9.99. The van der Waals surface area contributed by atoms with Crippen LogP contribution in [0.1, 0.15) is 18.7 Å². The second-order valence-corrected chi connectivity index (χ2v) is 5.09. The fourth-order valence-electron chi connectivity index (χ4n) is 2.76. The highest BCUT2D eigenvalue weighted by Crippen LogP contribution is 2.33. The van der Waals surface area contributed by atoms with Crippen molar-refractivity contribution in [2.75, 3.05) is 25.1 Å². The number of methoxy groups -OCH3 is 1. The monoisotopic (exact) mass is 283 g/mol. The van der Waals surface area contributed by atoms with Gasteiger partial charge in [0, 0.05) is 40.2 Å². The van der Waals surface area contributed by atoms with Crippen molar-refractivity contribution in [1.29, 1.82) is 0 Å². The summed E-state index contributed by atoms with van der Waals surface area (Å²) in [5, 5.41) is 11.2. The minimum atomic E-state index is -0.432. The number of hydrogen-bond acceptors (Lipinski definition) is 6. The SMILES string of the molecule is COC1CCN(c2c([N+](=O)[O-])nc(C)n2C)C(CN)C1. The van der Waals surface area contributed by atoms with Crippen LogP contribution in [0.2, 0.25) is 0 Å². The van der Waals surface area contributed by atoms with Gasteiger partial charge in [-0.25, -0.2) is 0 Å². The molecule has 2 rings (SSSR count). The van der Waals surface area contributed by atoms with Crippen molar-refractivity contribution >= 4 is 11.6 Å². The third-order valence-corrected chi connectivity index (χ3v) is 3.99. The number of aromatic nitrogens is 2. The molecule has 0 bridgehead atoms. The molecule has 2 atom stereocenters. The van der Waals surface area contributed by atoms with Gasteiger partial charge in [0.15, 0.2) is 0 Å². The summed E-state index contributed by atoms with van der Waals surface area (Å²) >= 11 is 0. The van der Waals surface area contributed by atoms with Crippen molar-refractivity contribution in [3.63, 3.8) is 0 Å². The van der Waals surface area contributed by atoms with Gasteiger partial charge in [0.1, 0.15) is 0 Å². The van der Waals surface area contributed by atoms with Crippen molar-refractivity contribution in [3.8, 4) is 0 Å². The third kappa shape index (κ3) is 2.48. The Labute approximate surface area is 117 Å². The maximum atomic E-state index is 11.2. The lowest BCUT2D eigenvalue weighted by Gasteiger charge is -2.39. The van der Waals surface area contributed by atoms with E-state index in [-0.39, 0.29) is 18.0 Å². The standard InChI is InChI=1S/C12H21N5O3/c1-8-14-11(17(18)19)12(15(8)2)16-5-4-10(20-3)6-9(16)7-13/h9-10H,4-7,13H2,1-3H3. The van der Waals surface area contributed by atoms with Crippen LogP contribution in [-0.2, 0) is 11.8 Å². The first-order valence-corrected chi connectivity index (χ1v) is 6.66. The van der Waals surface area contributed by atoms with Crippen molar-refractivity contribution in [1.82, 2.24) is 9.55 Å². The summed E-state index contributed by atoms with van der Waals surface area (Å²) in [7, 11) is 3.48. The molecule has 0 amide bonds. The average molecular weight is 283 g/mol. The zero-order chi connectivity index (χ0) is 14.9. The Kier molecular flexibility index (Phi) is 4.24. The number of rotatable bonds is 4. The molecule has 8 nitrogen and oxygen atoms in total. The number of ether oxygens (including phenoxy) is 1. The van der Waals surface area contributed by atoms with E-state index in [1.807, 2.05) is 4.90 Å². The summed E-state index contributed by atoms with van der Waals surface area (Å²) in [6, 6.07) is 0.0298. The van der Waals surface area contributed by atoms with E-state index in [1.54, 1.807) is 25.6 Å². The minimum absolute atomic E-state index is 0.0298. The van der Waals surface area contributed by atoms with Crippen molar-refractivity contribution in [2.24, 2.45) is 12.8 Å². The lowest BCUT2D eigenvalue weighted by Crippen LogP contribution is -2.49. The molecule has 1 fully saturated rings. The number of piperidine rings is 1. The molecule has 112 valence electrons. The van der Waals surface area contributed by atoms with Gasteiger partial charge in [-0.15, -0.1) is 0 Å². The minimum Gasteiger partial charge on any atom is -0.381 e. The Morgan fingerprint density at radius 3 is 2.85 bits per heavy atom. The van der Waals surface area contributed by atoms with E-state index in [0.717, 1.165) is 12.8 Å². The van der Waals surface area contributed by atoms with Crippen LogP contribution >= 0.6 is 0 Å². The molecule has 1 aliphatic heterocycles. The molecule has 1 saturated heterocycles. The molecule has 1 aliphatic rings. The van der Waals surface area contributed by atoms with Gasteiger partial charge in [-0.1, -0.05) is 0 Å². The topological polar surface area (TPSA) is 99.5 Å². The predicted octanol–water partition coefficient (Wildman–Crippen LogP) is 0.579. The number of nitrogens with two attached hydrogens (primary N) is 1. The van der Waals surface area contributed by atoms with E-state index in [9.17, 15) is 10.1 Å². The number of imidazole rings is 1. The van der Waals surface area contributed by atoms with Crippen LogP contribution in [0.3, 0.4) is 0 Å². The smallest absolute Gasteiger partial charge is 0.381 e. The van der Waals surface area contributed by atoms with E-state index in [1.165, 1.54) is 0 Å². The van der Waals surface area contributed by atoms with Crippen molar-refractivity contribution in [3.05, 3.63) is 15.9 Å². The number of hydrogen-bond donors (Lipinski definition) is 1. The molecule has 0 radical (unpaired) electrons. The van der Waals surface area contributed by atoms with E-state index >= 15 is 0 Å². The van der Waals surface area contributed by atoms with Crippen molar-refractivity contribution in [2.45, 2.75) is 31.9 Å². The predicted molar refractivity (Wildman–Crippen MR) is 74.8 cm³/mol. The molecule has 0 aliphatic carbocycles. The summed E-state index contributed by atoms with van der Waals surface area (Å²) in [4.78, 5) is 16.8. The molecule has 20 heavy (non-hydrogen) atoms. The Balaban J connectivity index is 2.37. The van der Waals surface area contributed by atoms with E-state index in [0.29, 0.717) is 24.7 Å². The van der Waals surface area contributed by atoms with Crippen LogP contribution in [-0.4, -0.2) is 46.8 Å². The largest absolute Gasteiger partial charge is 0.406 e. The van der Waals surface area contributed by atoms with Gasteiger partial charge in [0.2, 0.25) is 11.6 Å². The molecule has 1 aromatic heterocycles. The summed E-state index contributed by atoms with van der Waals surface area (Å²) in [6.07, 6.45) is 1.76. The molecule has 0 saturated carbocycles. The number of aryl methyl sites for hydroxylation is 1. The number of nitro groups is 1. The molecule has 1 aromatic rings. The van der Waals surface area contributed by atoms with Crippen LogP contribution in [0, 0.1) is 17.0 Å². The fourth-order valence-corrected chi connectivity index (χ4v) is 2.76. The summed E-state index contributed by atoms with van der Waals surface area (Å²) in [6.45, 7) is 2.87. The summed E-state index contributed by atoms with van der Waals surface area (Å²) < 4.78 is 7.14. The van der Waals surface area contributed by atoms with E-state index in [2.05, 4.69) is 4.98 Å². The Bertz CT molecular complexity index is 502. The molecule has 0 aromatic carbocycles. The van der Waals surface area contributed by atoms with Crippen LogP contribution in [0.4, 0.5) is 11.6 Å². The maximum absolute atomic E-state index is 11.2. The van der Waals surface area contributed by atoms with Gasteiger partial charge in [0.05, 0.1) is 6.10 Å². The maximum Gasteiger partial charge on any atom is 0.406 e. The number of nitrogens with zero attached hydrogens (tertiary/aromatic N) is 4. The lowest BCUT2D eigenvalue weighted by molar-refractivity contribution is -0.388. The van der Waals surface area contributed by atoms with Crippen LogP contribution in [0.25, 0.3) is 0 Å². The van der Waals surface area contributed by atoms with Gasteiger partial charge in [-0.3, -0.25) is 4.57 Å². The van der Waals surface area contributed by atoms with Gasteiger partial charge < -0.3 is 25.5 Å². The normalized spacial score (nSPS) is 23.1. The van der Waals surface area contributed by atoms with Gasteiger partial charge in [-0.2, -0.15) is 0 Å². The van der Waals surface area contributed by atoms with E-state index < -0.39 is 4.92 Å². The number of anilines is 1. The molecular weight excluding hydrogens is 262 g/mol.